The van der Waals surface area contributed by atoms with Crippen LogP contribution in [0.2, 0.25) is 10.0 Å². The smallest absolute Gasteiger partial charge is 0.138 e. The van der Waals surface area contributed by atoms with Crippen molar-refractivity contribution < 1.29 is 4.79 Å². The quantitative estimate of drug-likeness (QED) is 0.796. The second-order valence-electron chi connectivity index (χ2n) is 3.57. The van der Waals surface area contributed by atoms with E-state index in [1.165, 1.54) is 0 Å². The van der Waals surface area contributed by atoms with Gasteiger partial charge >= 0.3 is 0 Å². The molecule has 0 fully saturated rings. The van der Waals surface area contributed by atoms with E-state index in [0.717, 1.165) is 18.7 Å². The highest BCUT2D eigenvalue weighted by molar-refractivity contribution is 6.42. The number of halogens is 2. The zero-order valence-electron chi connectivity index (χ0n) is 9.22. The Morgan fingerprint density at radius 3 is 2.69 bits per heavy atom. The van der Waals surface area contributed by atoms with E-state index in [4.69, 9.17) is 23.2 Å². The van der Waals surface area contributed by atoms with Gasteiger partial charge in [0.1, 0.15) is 5.78 Å². The van der Waals surface area contributed by atoms with E-state index in [1.54, 1.807) is 12.1 Å². The molecule has 0 radical (unpaired) electrons. The molecular formula is C12H15Cl2NO. The Hall–Kier alpha value is -0.570. The molecule has 0 unspecified atom stereocenters. The van der Waals surface area contributed by atoms with Gasteiger partial charge in [-0.05, 0) is 24.2 Å². The van der Waals surface area contributed by atoms with Gasteiger partial charge in [-0.25, -0.2) is 0 Å². The highest BCUT2D eigenvalue weighted by Crippen LogP contribution is 2.22. The van der Waals surface area contributed by atoms with Crippen molar-refractivity contribution in [2.24, 2.45) is 0 Å². The van der Waals surface area contributed by atoms with Gasteiger partial charge in [-0.15, -0.1) is 0 Å². The van der Waals surface area contributed by atoms with Crippen LogP contribution in [0.1, 0.15) is 18.9 Å². The molecule has 0 atom stereocenters. The Morgan fingerprint density at radius 2 is 2.06 bits per heavy atom. The number of ketones is 1. The van der Waals surface area contributed by atoms with Gasteiger partial charge < -0.3 is 5.32 Å². The molecular weight excluding hydrogens is 245 g/mol. The van der Waals surface area contributed by atoms with Gasteiger partial charge in [0.25, 0.3) is 0 Å². The molecule has 0 aliphatic carbocycles. The van der Waals surface area contributed by atoms with Crippen molar-refractivity contribution in [2.75, 3.05) is 13.1 Å². The third-order valence-electron chi connectivity index (χ3n) is 2.22. The molecule has 0 saturated heterocycles. The molecule has 2 nitrogen and oxygen atoms in total. The van der Waals surface area contributed by atoms with Crippen molar-refractivity contribution in [3.05, 3.63) is 33.8 Å². The maximum Gasteiger partial charge on any atom is 0.138 e. The van der Waals surface area contributed by atoms with Crippen molar-refractivity contribution in [2.45, 2.75) is 19.8 Å². The van der Waals surface area contributed by atoms with E-state index in [1.807, 2.05) is 13.0 Å². The number of hydrogen-bond acceptors (Lipinski definition) is 2. The van der Waals surface area contributed by atoms with E-state index in [-0.39, 0.29) is 5.78 Å². The molecule has 1 aromatic carbocycles. The fourth-order valence-corrected chi connectivity index (χ4v) is 1.69. The molecule has 4 heteroatoms. The van der Waals surface area contributed by atoms with Crippen molar-refractivity contribution >= 4 is 29.0 Å². The lowest BCUT2D eigenvalue weighted by Gasteiger charge is -2.03. The molecule has 0 saturated carbocycles. The van der Waals surface area contributed by atoms with Gasteiger partial charge in [-0.3, -0.25) is 4.79 Å². The molecule has 0 heterocycles. The summed E-state index contributed by atoms with van der Waals surface area (Å²) in [6, 6.07) is 5.30. The van der Waals surface area contributed by atoms with Crippen LogP contribution < -0.4 is 5.32 Å². The first-order valence-electron chi connectivity index (χ1n) is 5.29. The predicted octanol–water partition coefficient (Wildman–Crippen LogP) is 3.10. The van der Waals surface area contributed by atoms with Crippen LogP contribution in [0.15, 0.2) is 18.2 Å². The summed E-state index contributed by atoms with van der Waals surface area (Å²) in [5.74, 6) is 0.208. The van der Waals surface area contributed by atoms with E-state index >= 15 is 0 Å². The SMILES string of the molecule is CCNCCC(=O)Cc1ccc(Cl)c(Cl)c1. The molecule has 1 N–H and O–H groups in total. The minimum Gasteiger partial charge on any atom is -0.317 e. The zero-order chi connectivity index (χ0) is 12.0. The van der Waals surface area contributed by atoms with E-state index < -0.39 is 0 Å². The van der Waals surface area contributed by atoms with Crippen LogP contribution in [0, 0.1) is 0 Å². The number of Topliss-reactive ketones (excluding diaryl/α,β-unsaturated/α-hetero) is 1. The lowest BCUT2D eigenvalue weighted by atomic mass is 10.1. The molecule has 0 amide bonds. The third-order valence-corrected chi connectivity index (χ3v) is 2.95. The van der Waals surface area contributed by atoms with E-state index in [0.29, 0.717) is 22.9 Å². The molecule has 0 spiro atoms. The summed E-state index contributed by atoms with van der Waals surface area (Å²) in [5, 5.41) is 4.14. The van der Waals surface area contributed by atoms with Crippen molar-refractivity contribution in [3.63, 3.8) is 0 Å². The first-order valence-corrected chi connectivity index (χ1v) is 6.05. The molecule has 0 aliphatic rings. The van der Waals surface area contributed by atoms with Gasteiger partial charge in [0, 0.05) is 19.4 Å². The maximum absolute atomic E-state index is 11.6. The summed E-state index contributed by atoms with van der Waals surface area (Å²) in [7, 11) is 0. The van der Waals surface area contributed by atoms with Crippen LogP contribution in [0.4, 0.5) is 0 Å². The van der Waals surface area contributed by atoms with Gasteiger partial charge in [-0.1, -0.05) is 36.2 Å². The summed E-state index contributed by atoms with van der Waals surface area (Å²) < 4.78 is 0. The first-order chi connectivity index (χ1) is 7.63. The van der Waals surface area contributed by atoms with Gasteiger partial charge in [0.2, 0.25) is 0 Å². The monoisotopic (exact) mass is 259 g/mol. The summed E-state index contributed by atoms with van der Waals surface area (Å²) in [6.45, 7) is 3.64. The average molecular weight is 260 g/mol. The Morgan fingerprint density at radius 1 is 1.31 bits per heavy atom. The number of nitrogens with one attached hydrogen (secondary N) is 1. The number of rotatable bonds is 6. The topological polar surface area (TPSA) is 29.1 Å². The molecule has 0 bridgehead atoms. The highest BCUT2D eigenvalue weighted by Gasteiger charge is 2.05. The number of carbonyl (C=O) groups excluding carboxylic acids is 1. The number of benzene rings is 1. The first kappa shape index (κ1) is 13.5. The predicted molar refractivity (Wildman–Crippen MR) is 68.3 cm³/mol. The third kappa shape index (κ3) is 4.52. The second kappa shape index (κ2) is 6.89. The van der Waals surface area contributed by atoms with Crippen LogP contribution in [0.5, 0.6) is 0 Å². The van der Waals surface area contributed by atoms with Crippen LogP contribution in [-0.4, -0.2) is 18.9 Å². The molecule has 1 rings (SSSR count). The van der Waals surface area contributed by atoms with Crippen molar-refractivity contribution in [3.8, 4) is 0 Å². The molecule has 0 aliphatic heterocycles. The summed E-state index contributed by atoms with van der Waals surface area (Å²) in [4.78, 5) is 11.6. The van der Waals surface area contributed by atoms with Crippen LogP contribution in [0.25, 0.3) is 0 Å². The minimum absolute atomic E-state index is 0.208. The Labute approximate surface area is 106 Å². The number of hydrogen-bond donors (Lipinski definition) is 1. The summed E-state index contributed by atoms with van der Waals surface area (Å²) >= 11 is 11.7. The van der Waals surface area contributed by atoms with Crippen molar-refractivity contribution in [1.29, 1.82) is 0 Å². The zero-order valence-corrected chi connectivity index (χ0v) is 10.7. The Kier molecular flexibility index (Phi) is 5.81. The second-order valence-corrected chi connectivity index (χ2v) is 4.38. The van der Waals surface area contributed by atoms with E-state index in [9.17, 15) is 4.79 Å². The summed E-state index contributed by atoms with van der Waals surface area (Å²) in [5.41, 5.74) is 0.913. The lowest BCUT2D eigenvalue weighted by Crippen LogP contribution is -2.18. The summed E-state index contributed by atoms with van der Waals surface area (Å²) in [6.07, 6.45) is 0.969. The fourth-order valence-electron chi connectivity index (χ4n) is 1.37. The van der Waals surface area contributed by atoms with Crippen LogP contribution in [-0.2, 0) is 11.2 Å². The maximum atomic E-state index is 11.6. The Balaban J connectivity index is 2.46. The molecule has 0 aromatic heterocycles. The van der Waals surface area contributed by atoms with E-state index in [2.05, 4.69) is 5.32 Å². The van der Waals surface area contributed by atoms with Crippen molar-refractivity contribution in [1.82, 2.24) is 5.32 Å². The van der Waals surface area contributed by atoms with Crippen LogP contribution >= 0.6 is 23.2 Å². The normalized spacial score (nSPS) is 10.4. The highest BCUT2D eigenvalue weighted by atomic mass is 35.5. The number of carbonyl (C=O) groups is 1. The van der Waals surface area contributed by atoms with Gasteiger partial charge in [0.15, 0.2) is 0 Å². The van der Waals surface area contributed by atoms with Crippen LogP contribution in [0.3, 0.4) is 0 Å². The Bertz CT molecular complexity index is 366. The largest absolute Gasteiger partial charge is 0.317 e. The standard InChI is InChI=1S/C12H15Cl2NO/c1-2-15-6-5-10(16)7-9-3-4-11(13)12(14)8-9/h3-4,8,15H,2,5-7H2,1H3. The molecule has 88 valence electrons. The van der Waals surface area contributed by atoms with Gasteiger partial charge in [-0.2, -0.15) is 0 Å². The molecule has 16 heavy (non-hydrogen) atoms. The minimum atomic E-state index is 0.208. The average Bonchev–Trinajstić information content (AvgIpc) is 2.24. The van der Waals surface area contributed by atoms with Gasteiger partial charge in [0.05, 0.1) is 10.0 Å². The molecule has 1 aromatic rings. The fraction of sp³-hybridized carbons (Fsp3) is 0.417. The lowest BCUT2D eigenvalue weighted by molar-refractivity contribution is -0.118.